The number of rotatable bonds is 3. The van der Waals surface area contributed by atoms with Gasteiger partial charge in [-0.15, -0.1) is 0 Å². The summed E-state index contributed by atoms with van der Waals surface area (Å²) in [5.41, 5.74) is 3.03. The number of aromatic nitrogens is 2. The standard InChI is InChI=1S/C13H14N2O.C2H6/c1-2-3-10-4-6-11(7-5-10)12-8-14-13(16)15-9-12;1-2/h4-9H,2-3H2,1H3,(H,14,15,16);1-2H3. The lowest BCUT2D eigenvalue weighted by Crippen LogP contribution is -2.07. The molecule has 1 N–H and O–H groups in total. The zero-order chi connectivity index (χ0) is 13.4. The zero-order valence-electron chi connectivity index (χ0n) is 11.2. The van der Waals surface area contributed by atoms with Gasteiger partial charge in [-0.3, -0.25) is 0 Å². The molecule has 2 aromatic rings. The highest BCUT2D eigenvalue weighted by Crippen LogP contribution is 2.17. The van der Waals surface area contributed by atoms with E-state index in [0.29, 0.717) is 0 Å². The van der Waals surface area contributed by atoms with Crippen LogP contribution >= 0.6 is 0 Å². The third kappa shape index (κ3) is 3.84. The molecular weight excluding hydrogens is 224 g/mol. The normalized spacial score (nSPS) is 9.50. The van der Waals surface area contributed by atoms with Gasteiger partial charge in [0.15, 0.2) is 0 Å². The first-order chi connectivity index (χ1) is 8.79. The van der Waals surface area contributed by atoms with Gasteiger partial charge in [0, 0.05) is 18.0 Å². The molecule has 0 atom stereocenters. The molecule has 18 heavy (non-hydrogen) atoms. The van der Waals surface area contributed by atoms with Gasteiger partial charge in [-0.25, -0.2) is 9.78 Å². The molecule has 0 aliphatic rings. The molecule has 3 heteroatoms. The fourth-order valence-corrected chi connectivity index (χ4v) is 1.65. The molecule has 0 spiro atoms. The predicted octanol–water partition coefficient (Wildman–Crippen LogP) is 3.42. The molecule has 0 fully saturated rings. The molecule has 0 saturated heterocycles. The minimum atomic E-state index is -0.314. The van der Waals surface area contributed by atoms with Gasteiger partial charge in [-0.2, -0.15) is 0 Å². The van der Waals surface area contributed by atoms with Crippen LogP contribution in [0.1, 0.15) is 32.8 Å². The SMILES string of the molecule is CC.CCCc1ccc(-c2cnc(=O)[nH]c2)cc1. The molecule has 2 rings (SSSR count). The molecule has 96 valence electrons. The van der Waals surface area contributed by atoms with Crippen LogP contribution in [0.4, 0.5) is 0 Å². The van der Waals surface area contributed by atoms with Gasteiger partial charge in [0.2, 0.25) is 0 Å². The largest absolute Gasteiger partial charge is 0.344 e. The Morgan fingerprint density at radius 2 is 1.78 bits per heavy atom. The summed E-state index contributed by atoms with van der Waals surface area (Å²) in [4.78, 5) is 17.1. The molecule has 1 heterocycles. The Hall–Kier alpha value is -1.90. The Bertz CT molecular complexity index is 494. The smallest absolute Gasteiger partial charge is 0.312 e. The topological polar surface area (TPSA) is 45.8 Å². The van der Waals surface area contributed by atoms with Crippen LogP contribution < -0.4 is 5.69 Å². The summed E-state index contributed by atoms with van der Waals surface area (Å²) in [6.45, 7) is 6.17. The summed E-state index contributed by atoms with van der Waals surface area (Å²) in [5, 5.41) is 0. The van der Waals surface area contributed by atoms with Crippen molar-refractivity contribution in [2.24, 2.45) is 0 Å². The van der Waals surface area contributed by atoms with Crippen LogP contribution in [-0.2, 0) is 6.42 Å². The average molecular weight is 244 g/mol. The molecule has 1 aromatic heterocycles. The van der Waals surface area contributed by atoms with Crippen molar-refractivity contribution in [1.29, 1.82) is 0 Å². The van der Waals surface area contributed by atoms with Gasteiger partial charge in [0.1, 0.15) is 0 Å². The first-order valence-electron chi connectivity index (χ1n) is 6.43. The van der Waals surface area contributed by atoms with Crippen LogP contribution in [0, 0.1) is 0 Å². The van der Waals surface area contributed by atoms with Crippen LogP contribution in [0.5, 0.6) is 0 Å². The number of nitrogens with one attached hydrogen (secondary N) is 1. The lowest BCUT2D eigenvalue weighted by Gasteiger charge is -2.02. The maximum atomic E-state index is 10.8. The lowest BCUT2D eigenvalue weighted by atomic mass is 10.0. The van der Waals surface area contributed by atoms with Crippen molar-refractivity contribution in [2.75, 3.05) is 0 Å². The van der Waals surface area contributed by atoms with Gasteiger partial charge in [-0.05, 0) is 17.5 Å². The number of aromatic amines is 1. The van der Waals surface area contributed by atoms with E-state index in [1.807, 2.05) is 13.8 Å². The Morgan fingerprint density at radius 3 is 2.28 bits per heavy atom. The summed E-state index contributed by atoms with van der Waals surface area (Å²) < 4.78 is 0. The van der Waals surface area contributed by atoms with Crippen molar-refractivity contribution in [2.45, 2.75) is 33.6 Å². The van der Waals surface area contributed by atoms with E-state index >= 15 is 0 Å². The van der Waals surface area contributed by atoms with Gasteiger partial charge in [0.25, 0.3) is 0 Å². The second-order valence-corrected chi connectivity index (χ2v) is 3.75. The second-order valence-electron chi connectivity index (χ2n) is 3.75. The number of hydrogen-bond acceptors (Lipinski definition) is 2. The zero-order valence-corrected chi connectivity index (χ0v) is 11.2. The highest BCUT2D eigenvalue weighted by Gasteiger charge is 1.98. The first kappa shape index (κ1) is 14.2. The van der Waals surface area contributed by atoms with E-state index in [0.717, 1.165) is 24.0 Å². The van der Waals surface area contributed by atoms with Crippen molar-refractivity contribution < 1.29 is 0 Å². The van der Waals surface area contributed by atoms with E-state index in [1.165, 1.54) is 5.56 Å². The van der Waals surface area contributed by atoms with Crippen LogP contribution in [-0.4, -0.2) is 9.97 Å². The highest BCUT2D eigenvalue weighted by atomic mass is 16.1. The third-order valence-corrected chi connectivity index (χ3v) is 2.50. The van der Waals surface area contributed by atoms with Crippen molar-refractivity contribution >= 4 is 0 Å². The number of H-pyrrole nitrogens is 1. The number of hydrogen-bond donors (Lipinski definition) is 1. The minimum Gasteiger partial charge on any atom is -0.312 e. The van der Waals surface area contributed by atoms with E-state index in [-0.39, 0.29) is 5.69 Å². The molecule has 0 aliphatic heterocycles. The molecular formula is C15H20N2O. The molecule has 0 radical (unpaired) electrons. The Balaban J connectivity index is 0.000000771. The van der Waals surface area contributed by atoms with E-state index in [2.05, 4.69) is 41.2 Å². The van der Waals surface area contributed by atoms with Gasteiger partial charge >= 0.3 is 5.69 Å². The van der Waals surface area contributed by atoms with Crippen LogP contribution in [0.15, 0.2) is 41.5 Å². The molecule has 0 bridgehead atoms. The summed E-state index contributed by atoms with van der Waals surface area (Å²) in [6.07, 6.45) is 5.53. The Kier molecular flexibility index (Phi) is 5.85. The van der Waals surface area contributed by atoms with Crippen molar-refractivity contribution in [3.8, 4) is 11.1 Å². The summed E-state index contributed by atoms with van der Waals surface area (Å²) in [5.74, 6) is 0. The van der Waals surface area contributed by atoms with E-state index in [4.69, 9.17) is 0 Å². The van der Waals surface area contributed by atoms with Crippen LogP contribution in [0.2, 0.25) is 0 Å². The number of aryl methyl sites for hydroxylation is 1. The molecule has 0 unspecified atom stereocenters. The summed E-state index contributed by atoms with van der Waals surface area (Å²) in [6, 6.07) is 8.34. The maximum Gasteiger partial charge on any atom is 0.344 e. The Morgan fingerprint density at radius 1 is 1.11 bits per heavy atom. The van der Waals surface area contributed by atoms with Crippen molar-refractivity contribution in [3.63, 3.8) is 0 Å². The lowest BCUT2D eigenvalue weighted by molar-refractivity contribution is 0.922. The first-order valence-corrected chi connectivity index (χ1v) is 6.43. The molecule has 1 aromatic carbocycles. The van der Waals surface area contributed by atoms with E-state index < -0.39 is 0 Å². The fourth-order valence-electron chi connectivity index (χ4n) is 1.65. The maximum absolute atomic E-state index is 10.8. The third-order valence-electron chi connectivity index (χ3n) is 2.50. The summed E-state index contributed by atoms with van der Waals surface area (Å²) in [7, 11) is 0. The average Bonchev–Trinajstić information content (AvgIpc) is 2.43. The summed E-state index contributed by atoms with van der Waals surface area (Å²) >= 11 is 0. The van der Waals surface area contributed by atoms with Crippen LogP contribution in [0.3, 0.4) is 0 Å². The minimum absolute atomic E-state index is 0.314. The predicted molar refractivity (Wildman–Crippen MR) is 75.6 cm³/mol. The molecule has 3 nitrogen and oxygen atoms in total. The van der Waals surface area contributed by atoms with Gasteiger partial charge < -0.3 is 4.98 Å². The number of nitrogens with zero attached hydrogens (tertiary/aromatic N) is 1. The van der Waals surface area contributed by atoms with Crippen LogP contribution in [0.25, 0.3) is 11.1 Å². The van der Waals surface area contributed by atoms with Gasteiger partial charge in [0.05, 0.1) is 0 Å². The van der Waals surface area contributed by atoms with E-state index in [9.17, 15) is 4.79 Å². The fraction of sp³-hybridized carbons (Fsp3) is 0.333. The molecule has 0 saturated carbocycles. The molecule has 0 aliphatic carbocycles. The quantitative estimate of drug-likeness (QED) is 0.899. The van der Waals surface area contributed by atoms with E-state index in [1.54, 1.807) is 12.4 Å². The highest BCUT2D eigenvalue weighted by molar-refractivity contribution is 5.61. The second kappa shape index (κ2) is 7.43. The van der Waals surface area contributed by atoms with Crippen molar-refractivity contribution in [1.82, 2.24) is 9.97 Å². The number of benzene rings is 1. The molecule has 0 amide bonds. The Labute approximate surface area is 108 Å². The monoisotopic (exact) mass is 244 g/mol. The van der Waals surface area contributed by atoms with Gasteiger partial charge in [-0.1, -0.05) is 51.5 Å². The van der Waals surface area contributed by atoms with Crippen molar-refractivity contribution in [3.05, 3.63) is 52.7 Å².